The van der Waals surface area contributed by atoms with Crippen molar-refractivity contribution in [1.29, 1.82) is 0 Å². The summed E-state index contributed by atoms with van der Waals surface area (Å²) < 4.78 is 1.94. The van der Waals surface area contributed by atoms with E-state index < -0.39 is 0 Å². The van der Waals surface area contributed by atoms with Crippen LogP contribution in [0.2, 0.25) is 0 Å². The van der Waals surface area contributed by atoms with Crippen LogP contribution in [0, 0.1) is 5.92 Å². The van der Waals surface area contributed by atoms with Gasteiger partial charge in [-0.25, -0.2) is 0 Å². The summed E-state index contributed by atoms with van der Waals surface area (Å²) in [5, 5.41) is 4.20. The second-order valence-electron chi connectivity index (χ2n) is 5.35. The van der Waals surface area contributed by atoms with E-state index in [9.17, 15) is 0 Å². The van der Waals surface area contributed by atoms with Crippen LogP contribution in [0.4, 0.5) is 5.82 Å². The highest BCUT2D eigenvalue weighted by molar-refractivity contribution is 5.23. The van der Waals surface area contributed by atoms with Crippen LogP contribution in [-0.2, 0) is 6.54 Å². The van der Waals surface area contributed by atoms with Crippen LogP contribution in [0.1, 0.15) is 33.1 Å². The van der Waals surface area contributed by atoms with Crippen LogP contribution in [0.3, 0.4) is 0 Å². The molecule has 2 heterocycles. The summed E-state index contributed by atoms with van der Waals surface area (Å²) in [4.78, 5) is 2.64. The zero-order valence-corrected chi connectivity index (χ0v) is 11.0. The van der Waals surface area contributed by atoms with Gasteiger partial charge in [0.1, 0.15) is 5.82 Å². The molecule has 0 radical (unpaired) electrons. The Balaban J connectivity index is 1.74. The number of nitrogens with two attached hydrogens (primary N) is 1. The number of rotatable bonds is 5. The number of hydrogen-bond donors (Lipinski definition) is 1. The van der Waals surface area contributed by atoms with Crippen molar-refractivity contribution < 1.29 is 0 Å². The molecule has 1 aliphatic heterocycles. The van der Waals surface area contributed by atoms with E-state index in [1.54, 1.807) is 0 Å². The summed E-state index contributed by atoms with van der Waals surface area (Å²) in [6, 6.07) is 2.64. The van der Waals surface area contributed by atoms with Gasteiger partial charge < -0.3 is 10.6 Å². The average Bonchev–Trinajstić information content (AvgIpc) is 2.87. The fourth-order valence-electron chi connectivity index (χ4n) is 2.82. The zero-order chi connectivity index (χ0) is 12.3. The van der Waals surface area contributed by atoms with Crippen LogP contribution in [0.15, 0.2) is 12.3 Å². The molecule has 0 aromatic carbocycles. The third-order valence-electron chi connectivity index (χ3n) is 3.68. The number of nitrogens with zero attached hydrogens (tertiary/aromatic N) is 3. The van der Waals surface area contributed by atoms with Gasteiger partial charge in [0.25, 0.3) is 0 Å². The van der Waals surface area contributed by atoms with Gasteiger partial charge in [-0.1, -0.05) is 13.8 Å². The first-order valence-electron chi connectivity index (χ1n) is 6.70. The van der Waals surface area contributed by atoms with Crippen molar-refractivity contribution >= 4 is 5.82 Å². The summed E-state index contributed by atoms with van der Waals surface area (Å²) in [5.41, 5.74) is 5.59. The molecule has 2 rings (SSSR count). The van der Waals surface area contributed by atoms with Crippen molar-refractivity contribution in [3.63, 3.8) is 0 Å². The highest BCUT2D eigenvalue weighted by Crippen LogP contribution is 2.23. The number of aryl methyl sites for hydroxylation is 1. The number of nitrogen functional groups attached to an aromatic ring is 1. The number of likely N-dealkylation sites (tertiary alicyclic amines) is 1. The molecule has 1 unspecified atom stereocenters. The van der Waals surface area contributed by atoms with Crippen LogP contribution in [-0.4, -0.2) is 33.8 Å². The summed E-state index contributed by atoms with van der Waals surface area (Å²) in [6.07, 6.45) is 5.84. The normalized spacial score (nSPS) is 21.5. The van der Waals surface area contributed by atoms with Gasteiger partial charge in [-0.05, 0) is 37.8 Å². The molecule has 0 bridgehead atoms. The number of hydrogen-bond acceptors (Lipinski definition) is 3. The molecular formula is C13H24N4. The summed E-state index contributed by atoms with van der Waals surface area (Å²) in [7, 11) is 0. The standard InChI is InChI=1S/C13H24N4/c1-11(2)12-5-3-7-16(12)8-4-9-17-10-6-13(14)15-17/h6,10-12H,3-5,7-9H2,1-2H3,(H2,14,15). The molecule has 0 amide bonds. The van der Waals surface area contributed by atoms with Gasteiger partial charge in [0.2, 0.25) is 0 Å². The molecular weight excluding hydrogens is 212 g/mol. The van der Waals surface area contributed by atoms with E-state index in [4.69, 9.17) is 5.73 Å². The molecule has 96 valence electrons. The van der Waals surface area contributed by atoms with Gasteiger partial charge in [0, 0.05) is 25.3 Å². The Morgan fingerprint density at radius 3 is 2.94 bits per heavy atom. The molecule has 1 aliphatic rings. The molecule has 1 fully saturated rings. The predicted molar refractivity (Wildman–Crippen MR) is 70.7 cm³/mol. The van der Waals surface area contributed by atoms with Crippen LogP contribution in [0.25, 0.3) is 0 Å². The van der Waals surface area contributed by atoms with E-state index >= 15 is 0 Å². The van der Waals surface area contributed by atoms with Gasteiger partial charge in [0.05, 0.1) is 0 Å². The number of anilines is 1. The average molecular weight is 236 g/mol. The maximum absolute atomic E-state index is 5.59. The maximum Gasteiger partial charge on any atom is 0.145 e. The van der Waals surface area contributed by atoms with E-state index in [0.717, 1.165) is 24.9 Å². The largest absolute Gasteiger partial charge is 0.382 e. The SMILES string of the molecule is CC(C)C1CCCN1CCCn1ccc(N)n1. The minimum atomic E-state index is 0.617. The molecule has 0 aliphatic carbocycles. The Kier molecular flexibility index (Phi) is 4.05. The van der Waals surface area contributed by atoms with Gasteiger partial charge in [-0.2, -0.15) is 5.10 Å². The predicted octanol–water partition coefficient (Wildman–Crippen LogP) is 1.98. The van der Waals surface area contributed by atoms with E-state index in [1.807, 2.05) is 16.9 Å². The van der Waals surface area contributed by atoms with Crippen molar-refractivity contribution in [3.8, 4) is 0 Å². The minimum absolute atomic E-state index is 0.617. The van der Waals surface area contributed by atoms with Crippen molar-refractivity contribution in [2.45, 2.75) is 45.7 Å². The molecule has 2 N–H and O–H groups in total. The fraction of sp³-hybridized carbons (Fsp3) is 0.769. The van der Waals surface area contributed by atoms with Crippen LogP contribution in [0.5, 0.6) is 0 Å². The van der Waals surface area contributed by atoms with Crippen molar-refractivity contribution in [2.75, 3.05) is 18.8 Å². The lowest BCUT2D eigenvalue weighted by atomic mass is 10.0. The quantitative estimate of drug-likeness (QED) is 0.850. The summed E-state index contributed by atoms with van der Waals surface area (Å²) in [5.74, 6) is 1.39. The van der Waals surface area contributed by atoms with E-state index in [0.29, 0.717) is 5.82 Å². The monoisotopic (exact) mass is 236 g/mol. The highest BCUT2D eigenvalue weighted by atomic mass is 15.3. The van der Waals surface area contributed by atoms with Crippen molar-refractivity contribution in [1.82, 2.24) is 14.7 Å². The lowest BCUT2D eigenvalue weighted by Crippen LogP contribution is -2.34. The zero-order valence-electron chi connectivity index (χ0n) is 11.0. The molecule has 1 atom stereocenters. The second-order valence-corrected chi connectivity index (χ2v) is 5.35. The molecule has 1 aromatic rings. The number of aromatic nitrogens is 2. The third kappa shape index (κ3) is 3.22. The van der Waals surface area contributed by atoms with Gasteiger partial charge in [0.15, 0.2) is 0 Å². The Labute approximate surface area is 104 Å². The van der Waals surface area contributed by atoms with Crippen molar-refractivity contribution in [3.05, 3.63) is 12.3 Å². The lowest BCUT2D eigenvalue weighted by Gasteiger charge is -2.27. The second kappa shape index (κ2) is 5.54. The van der Waals surface area contributed by atoms with Crippen LogP contribution >= 0.6 is 0 Å². The highest BCUT2D eigenvalue weighted by Gasteiger charge is 2.26. The summed E-state index contributed by atoms with van der Waals surface area (Å²) in [6.45, 7) is 8.08. The Morgan fingerprint density at radius 2 is 2.29 bits per heavy atom. The minimum Gasteiger partial charge on any atom is -0.382 e. The van der Waals surface area contributed by atoms with Crippen LogP contribution < -0.4 is 5.73 Å². The first-order valence-corrected chi connectivity index (χ1v) is 6.70. The fourth-order valence-corrected chi connectivity index (χ4v) is 2.82. The molecule has 4 nitrogen and oxygen atoms in total. The Hall–Kier alpha value is -1.03. The van der Waals surface area contributed by atoms with E-state index in [1.165, 1.54) is 25.9 Å². The molecule has 1 saturated heterocycles. The van der Waals surface area contributed by atoms with Gasteiger partial charge in [-0.15, -0.1) is 0 Å². The molecule has 1 aromatic heterocycles. The Bertz CT molecular complexity index is 345. The first-order chi connectivity index (χ1) is 8.16. The molecule has 17 heavy (non-hydrogen) atoms. The smallest absolute Gasteiger partial charge is 0.145 e. The van der Waals surface area contributed by atoms with E-state index in [2.05, 4.69) is 23.8 Å². The first kappa shape index (κ1) is 12.4. The molecule has 4 heteroatoms. The maximum atomic E-state index is 5.59. The molecule has 0 spiro atoms. The summed E-state index contributed by atoms with van der Waals surface area (Å²) >= 11 is 0. The topological polar surface area (TPSA) is 47.1 Å². The molecule has 0 saturated carbocycles. The lowest BCUT2D eigenvalue weighted by molar-refractivity contribution is 0.201. The van der Waals surface area contributed by atoms with E-state index in [-0.39, 0.29) is 0 Å². The third-order valence-corrected chi connectivity index (χ3v) is 3.68. The van der Waals surface area contributed by atoms with Gasteiger partial charge >= 0.3 is 0 Å². The van der Waals surface area contributed by atoms with Gasteiger partial charge in [-0.3, -0.25) is 4.68 Å². The Morgan fingerprint density at radius 1 is 1.47 bits per heavy atom. The van der Waals surface area contributed by atoms with Crippen molar-refractivity contribution in [2.24, 2.45) is 5.92 Å².